The van der Waals surface area contributed by atoms with E-state index in [1.54, 1.807) is 17.7 Å². The summed E-state index contributed by atoms with van der Waals surface area (Å²) in [5, 5.41) is 0. The first-order valence-corrected chi connectivity index (χ1v) is 5.74. The molecule has 0 aromatic carbocycles. The Morgan fingerprint density at radius 3 is 3.00 bits per heavy atom. The van der Waals surface area contributed by atoms with E-state index in [1.165, 1.54) is 0 Å². The number of hydrogen-bond donors (Lipinski definition) is 1. The first-order valence-electron chi connectivity index (χ1n) is 4.66. The highest BCUT2D eigenvalue weighted by molar-refractivity contribution is 14.1. The van der Waals surface area contributed by atoms with Crippen molar-refractivity contribution in [3.05, 3.63) is 25.9 Å². The van der Waals surface area contributed by atoms with Gasteiger partial charge in [0.05, 0.1) is 23.3 Å². The fourth-order valence-corrected chi connectivity index (χ4v) is 1.59. The zero-order chi connectivity index (χ0) is 11.3. The molecule has 0 radical (unpaired) electrons. The zero-order valence-electron chi connectivity index (χ0n) is 8.57. The molecule has 0 spiro atoms. The number of ether oxygens (including phenoxy) is 1. The predicted octanol–water partition coefficient (Wildman–Crippen LogP) is 0.132. The second-order valence-corrected chi connectivity index (χ2v) is 4.17. The standard InChI is InChI=1S/C9H14IN3O2/c1-7-12-6-8(10)9(14)13(7)3-5-15-4-2-11/h6H,2-5,11H2,1H3. The van der Waals surface area contributed by atoms with Gasteiger partial charge < -0.3 is 10.5 Å². The molecule has 0 unspecified atom stereocenters. The second-order valence-electron chi connectivity index (χ2n) is 3.01. The van der Waals surface area contributed by atoms with Crippen molar-refractivity contribution in [2.24, 2.45) is 5.73 Å². The highest BCUT2D eigenvalue weighted by Gasteiger charge is 2.04. The summed E-state index contributed by atoms with van der Waals surface area (Å²) in [6, 6.07) is 0. The Balaban J connectivity index is 2.68. The quantitative estimate of drug-likeness (QED) is 0.618. The van der Waals surface area contributed by atoms with Crippen LogP contribution in [0.25, 0.3) is 0 Å². The predicted molar refractivity (Wildman–Crippen MR) is 65.8 cm³/mol. The Bertz CT molecular complexity index is 378. The van der Waals surface area contributed by atoms with Crippen molar-refractivity contribution in [1.29, 1.82) is 0 Å². The van der Waals surface area contributed by atoms with E-state index >= 15 is 0 Å². The molecular weight excluding hydrogens is 309 g/mol. The maximum absolute atomic E-state index is 11.7. The van der Waals surface area contributed by atoms with Gasteiger partial charge in [0.1, 0.15) is 5.82 Å². The summed E-state index contributed by atoms with van der Waals surface area (Å²) in [7, 11) is 0. The van der Waals surface area contributed by atoms with Crippen molar-refractivity contribution in [3.63, 3.8) is 0 Å². The van der Waals surface area contributed by atoms with Gasteiger partial charge in [0.25, 0.3) is 5.56 Å². The molecule has 84 valence electrons. The van der Waals surface area contributed by atoms with Crippen LogP contribution in [0.3, 0.4) is 0 Å². The van der Waals surface area contributed by atoms with E-state index in [0.29, 0.717) is 35.7 Å². The Hall–Kier alpha value is -0.470. The van der Waals surface area contributed by atoms with Crippen LogP contribution in [-0.2, 0) is 11.3 Å². The molecule has 0 aliphatic carbocycles. The smallest absolute Gasteiger partial charge is 0.267 e. The van der Waals surface area contributed by atoms with Gasteiger partial charge in [-0.25, -0.2) is 4.98 Å². The van der Waals surface area contributed by atoms with Crippen LogP contribution in [0.2, 0.25) is 0 Å². The van der Waals surface area contributed by atoms with E-state index in [0.717, 1.165) is 0 Å². The normalized spacial score (nSPS) is 10.6. The topological polar surface area (TPSA) is 70.1 Å². The van der Waals surface area contributed by atoms with Gasteiger partial charge in [-0.3, -0.25) is 9.36 Å². The average Bonchev–Trinajstić information content (AvgIpc) is 2.23. The number of aryl methyl sites for hydroxylation is 1. The maximum atomic E-state index is 11.7. The van der Waals surface area contributed by atoms with Crippen molar-refractivity contribution >= 4 is 22.6 Å². The summed E-state index contributed by atoms with van der Waals surface area (Å²) < 4.78 is 7.45. The monoisotopic (exact) mass is 323 g/mol. The summed E-state index contributed by atoms with van der Waals surface area (Å²) in [4.78, 5) is 15.8. The lowest BCUT2D eigenvalue weighted by Gasteiger charge is -2.09. The highest BCUT2D eigenvalue weighted by Crippen LogP contribution is 1.97. The van der Waals surface area contributed by atoms with Crippen LogP contribution in [0.4, 0.5) is 0 Å². The van der Waals surface area contributed by atoms with E-state index in [1.807, 2.05) is 22.6 Å². The van der Waals surface area contributed by atoms with Crippen LogP contribution in [-0.4, -0.2) is 29.3 Å². The number of hydrogen-bond acceptors (Lipinski definition) is 4. The van der Waals surface area contributed by atoms with E-state index in [4.69, 9.17) is 10.5 Å². The molecule has 2 N–H and O–H groups in total. The summed E-state index contributed by atoms with van der Waals surface area (Å²) in [6.07, 6.45) is 1.58. The SMILES string of the molecule is Cc1ncc(I)c(=O)n1CCOCCN. The van der Waals surface area contributed by atoms with Gasteiger partial charge in [-0.2, -0.15) is 0 Å². The molecule has 6 heteroatoms. The second kappa shape index (κ2) is 6.19. The third-order valence-electron chi connectivity index (χ3n) is 1.93. The van der Waals surface area contributed by atoms with Crippen LogP contribution in [0.5, 0.6) is 0 Å². The first-order chi connectivity index (χ1) is 7.16. The van der Waals surface area contributed by atoms with Crippen molar-refractivity contribution in [1.82, 2.24) is 9.55 Å². The fraction of sp³-hybridized carbons (Fsp3) is 0.556. The average molecular weight is 323 g/mol. The largest absolute Gasteiger partial charge is 0.378 e. The van der Waals surface area contributed by atoms with Gasteiger partial charge in [0.15, 0.2) is 0 Å². The van der Waals surface area contributed by atoms with Crippen LogP contribution in [0.15, 0.2) is 11.0 Å². The minimum absolute atomic E-state index is 0.0144. The molecule has 0 aliphatic rings. The van der Waals surface area contributed by atoms with Gasteiger partial charge in [-0.05, 0) is 29.5 Å². The van der Waals surface area contributed by atoms with Gasteiger partial charge in [-0.15, -0.1) is 0 Å². The summed E-state index contributed by atoms with van der Waals surface area (Å²) in [5.74, 6) is 0.705. The van der Waals surface area contributed by atoms with Crippen LogP contribution in [0, 0.1) is 10.5 Å². The van der Waals surface area contributed by atoms with Crippen molar-refractivity contribution in [2.45, 2.75) is 13.5 Å². The Morgan fingerprint density at radius 1 is 1.60 bits per heavy atom. The molecule has 1 aromatic heterocycles. The fourth-order valence-electron chi connectivity index (χ4n) is 1.16. The van der Waals surface area contributed by atoms with Crippen LogP contribution >= 0.6 is 22.6 Å². The summed E-state index contributed by atoms with van der Waals surface area (Å²) in [5.41, 5.74) is 5.27. The molecule has 0 bridgehead atoms. The molecule has 0 atom stereocenters. The third-order valence-corrected chi connectivity index (χ3v) is 2.67. The maximum Gasteiger partial charge on any atom is 0.267 e. The van der Waals surface area contributed by atoms with Gasteiger partial charge in [-0.1, -0.05) is 0 Å². The van der Waals surface area contributed by atoms with Crippen LogP contribution in [0.1, 0.15) is 5.82 Å². The molecule has 5 nitrogen and oxygen atoms in total. The number of halogens is 1. The molecule has 1 rings (SSSR count). The molecule has 0 amide bonds. The molecule has 0 saturated heterocycles. The minimum atomic E-state index is -0.0144. The Morgan fingerprint density at radius 2 is 2.33 bits per heavy atom. The van der Waals surface area contributed by atoms with Crippen molar-refractivity contribution < 1.29 is 4.74 Å². The van der Waals surface area contributed by atoms with E-state index in [2.05, 4.69) is 4.98 Å². The van der Waals surface area contributed by atoms with Crippen molar-refractivity contribution in [2.75, 3.05) is 19.8 Å². The number of aromatic nitrogens is 2. The van der Waals surface area contributed by atoms with Gasteiger partial charge in [0, 0.05) is 12.7 Å². The lowest BCUT2D eigenvalue weighted by molar-refractivity contribution is 0.132. The summed E-state index contributed by atoms with van der Waals surface area (Å²) >= 11 is 1.98. The number of rotatable bonds is 5. The summed E-state index contributed by atoms with van der Waals surface area (Å²) in [6.45, 7) is 3.83. The zero-order valence-corrected chi connectivity index (χ0v) is 10.7. The van der Waals surface area contributed by atoms with E-state index < -0.39 is 0 Å². The molecule has 0 saturated carbocycles. The lowest BCUT2D eigenvalue weighted by Crippen LogP contribution is -2.27. The van der Waals surface area contributed by atoms with Gasteiger partial charge >= 0.3 is 0 Å². The number of nitrogens with two attached hydrogens (primary N) is 1. The molecular formula is C9H14IN3O2. The third kappa shape index (κ3) is 3.54. The Labute approximate surface area is 102 Å². The lowest BCUT2D eigenvalue weighted by atomic mass is 10.5. The molecule has 15 heavy (non-hydrogen) atoms. The van der Waals surface area contributed by atoms with Gasteiger partial charge in [0.2, 0.25) is 0 Å². The molecule has 0 fully saturated rings. The van der Waals surface area contributed by atoms with Crippen LogP contribution < -0.4 is 11.3 Å². The molecule has 1 aromatic rings. The number of nitrogens with zero attached hydrogens (tertiary/aromatic N) is 2. The molecule has 0 aliphatic heterocycles. The van der Waals surface area contributed by atoms with E-state index in [-0.39, 0.29) is 5.56 Å². The highest BCUT2D eigenvalue weighted by atomic mass is 127. The van der Waals surface area contributed by atoms with E-state index in [9.17, 15) is 4.79 Å². The minimum Gasteiger partial charge on any atom is -0.378 e. The van der Waals surface area contributed by atoms with Crippen molar-refractivity contribution in [3.8, 4) is 0 Å². The Kier molecular flexibility index (Phi) is 5.20. The molecule has 1 heterocycles. The first kappa shape index (κ1) is 12.6.